The number of carboxylic acids is 1. The van der Waals surface area contributed by atoms with Gasteiger partial charge in [-0.05, 0) is 0 Å². The molecule has 0 spiro atoms. The number of rotatable bonds is 9. The average molecular weight is 487 g/mol. The number of aliphatic carboxylic acids is 1. The number of hydrogen-bond donors (Lipinski definition) is 11. The highest BCUT2D eigenvalue weighted by atomic mass is 16.7. The second-order valence-corrected chi connectivity index (χ2v) is 7.75. The zero-order chi connectivity index (χ0) is 25.1. The summed E-state index contributed by atoms with van der Waals surface area (Å²) >= 11 is 0. The number of carboxylic acid groups (broad SMARTS) is 1. The monoisotopic (exact) mass is 487 g/mol. The van der Waals surface area contributed by atoms with Crippen LogP contribution in [0.25, 0.3) is 0 Å². The molecule has 2 rings (SSSR count). The summed E-state index contributed by atoms with van der Waals surface area (Å²) in [5, 5.41) is 99.4. The molecule has 0 radical (unpaired) electrons. The summed E-state index contributed by atoms with van der Waals surface area (Å²) in [5.74, 6) is -5.62. The largest absolute Gasteiger partial charge is 0.477 e. The van der Waals surface area contributed by atoms with Gasteiger partial charge in [-0.25, -0.2) is 4.79 Å². The van der Waals surface area contributed by atoms with Crippen LogP contribution in [0.3, 0.4) is 0 Å². The minimum absolute atomic E-state index is 0.861. The van der Waals surface area contributed by atoms with Crippen LogP contribution in [0.4, 0.5) is 0 Å². The van der Waals surface area contributed by atoms with E-state index >= 15 is 0 Å². The molecular formula is C17H29NO15. The summed E-state index contributed by atoms with van der Waals surface area (Å²) in [6.45, 7) is -2.89. The maximum atomic E-state index is 12.0. The van der Waals surface area contributed by atoms with E-state index in [1.807, 2.05) is 0 Å². The Balaban J connectivity index is 2.28. The minimum atomic E-state index is -2.75. The van der Waals surface area contributed by atoms with E-state index < -0.39 is 105 Å². The zero-order valence-electron chi connectivity index (χ0n) is 17.1. The Morgan fingerprint density at radius 1 is 1.06 bits per heavy atom. The van der Waals surface area contributed by atoms with Gasteiger partial charge in [0.1, 0.15) is 49.3 Å². The van der Waals surface area contributed by atoms with Crippen LogP contribution in [0, 0.1) is 0 Å². The molecule has 1 amide bonds. The van der Waals surface area contributed by atoms with Crippen LogP contribution in [-0.2, 0) is 23.8 Å². The maximum absolute atomic E-state index is 12.0. The second kappa shape index (κ2) is 11.3. The standard InChI is InChI=1S/C17H29NO15/c19-2-6(22)10(24)14-9(18-8(23)3-20)5(21)1-17(33-14,16(29)30)31-4-7-11(25)12(26)13(27)15(28)32-7/h5-7,9-15,19-22,24-28H,1-4H2,(H,18,23)(H,29,30)/t5-,6+,7+,9+,10+,11+,12-,13-,14+,15+,17+/m0/s1. The molecule has 0 unspecified atom stereocenters. The van der Waals surface area contributed by atoms with Crippen LogP contribution in [0.1, 0.15) is 6.42 Å². The zero-order valence-corrected chi connectivity index (χ0v) is 17.1. The first-order valence-electron chi connectivity index (χ1n) is 9.86. The molecular weight excluding hydrogens is 458 g/mol. The molecule has 0 saturated carbocycles. The van der Waals surface area contributed by atoms with E-state index in [9.17, 15) is 50.4 Å². The lowest BCUT2D eigenvalue weighted by Gasteiger charge is -2.47. The molecule has 0 aromatic heterocycles. The van der Waals surface area contributed by atoms with Crippen molar-refractivity contribution in [1.82, 2.24) is 5.32 Å². The summed E-state index contributed by atoms with van der Waals surface area (Å²) in [6.07, 6.45) is -17.5. The number of hydrogen-bond acceptors (Lipinski definition) is 14. The Morgan fingerprint density at radius 2 is 1.70 bits per heavy atom. The molecule has 0 bridgehead atoms. The molecule has 11 atom stereocenters. The second-order valence-electron chi connectivity index (χ2n) is 7.75. The Hall–Kier alpha value is -1.54. The number of ether oxygens (including phenoxy) is 3. The van der Waals surface area contributed by atoms with Crippen LogP contribution in [0.5, 0.6) is 0 Å². The summed E-state index contributed by atoms with van der Waals surface area (Å²) in [5.41, 5.74) is 0. The fraction of sp³-hybridized carbons (Fsp3) is 0.882. The van der Waals surface area contributed by atoms with Crippen molar-refractivity contribution >= 4 is 11.9 Å². The summed E-state index contributed by atoms with van der Waals surface area (Å²) < 4.78 is 15.5. The third-order valence-electron chi connectivity index (χ3n) is 5.46. The highest BCUT2D eigenvalue weighted by Gasteiger charge is 2.56. The van der Waals surface area contributed by atoms with Crippen LogP contribution < -0.4 is 5.32 Å². The van der Waals surface area contributed by atoms with Gasteiger partial charge >= 0.3 is 5.97 Å². The van der Waals surface area contributed by atoms with Gasteiger partial charge in [0.15, 0.2) is 6.29 Å². The van der Waals surface area contributed by atoms with Crippen LogP contribution in [-0.4, -0.2) is 150 Å². The quantitative estimate of drug-likeness (QED) is 0.144. The fourth-order valence-electron chi connectivity index (χ4n) is 3.56. The smallest absolute Gasteiger partial charge is 0.364 e. The summed E-state index contributed by atoms with van der Waals surface area (Å²) in [7, 11) is 0. The average Bonchev–Trinajstić information content (AvgIpc) is 2.79. The van der Waals surface area contributed by atoms with Crippen LogP contribution in [0.2, 0.25) is 0 Å². The first kappa shape index (κ1) is 27.7. The molecule has 11 N–H and O–H groups in total. The number of aliphatic hydroxyl groups excluding tert-OH is 9. The minimum Gasteiger partial charge on any atom is -0.477 e. The van der Waals surface area contributed by atoms with Gasteiger partial charge in [-0.2, -0.15) is 0 Å². The lowest BCUT2D eigenvalue weighted by Crippen LogP contribution is -2.68. The van der Waals surface area contributed by atoms with E-state index in [1.165, 1.54) is 0 Å². The molecule has 2 fully saturated rings. The van der Waals surface area contributed by atoms with Crippen molar-refractivity contribution in [3.05, 3.63) is 0 Å². The highest BCUT2D eigenvalue weighted by Crippen LogP contribution is 2.34. The van der Waals surface area contributed by atoms with Gasteiger partial charge in [-0.3, -0.25) is 4.79 Å². The van der Waals surface area contributed by atoms with Gasteiger partial charge in [-0.15, -0.1) is 0 Å². The van der Waals surface area contributed by atoms with Crippen molar-refractivity contribution in [3.8, 4) is 0 Å². The molecule has 2 heterocycles. The molecule has 2 aliphatic heterocycles. The number of amides is 1. The predicted molar refractivity (Wildman–Crippen MR) is 98.8 cm³/mol. The molecule has 16 nitrogen and oxygen atoms in total. The van der Waals surface area contributed by atoms with E-state index in [2.05, 4.69) is 5.32 Å². The lowest BCUT2D eigenvalue weighted by atomic mass is 9.88. The van der Waals surface area contributed by atoms with E-state index in [0.29, 0.717) is 0 Å². The van der Waals surface area contributed by atoms with E-state index in [-0.39, 0.29) is 0 Å². The number of aliphatic hydroxyl groups is 9. The predicted octanol–water partition coefficient (Wildman–Crippen LogP) is -7.08. The van der Waals surface area contributed by atoms with E-state index in [0.717, 1.165) is 0 Å². The Bertz CT molecular complexity index is 681. The van der Waals surface area contributed by atoms with Gasteiger partial charge in [-0.1, -0.05) is 0 Å². The molecule has 0 aromatic rings. The summed E-state index contributed by atoms with van der Waals surface area (Å²) in [6, 6.07) is -1.55. The number of carbonyl (C=O) groups excluding carboxylic acids is 1. The van der Waals surface area contributed by atoms with Crippen molar-refractivity contribution in [2.24, 2.45) is 0 Å². The first-order chi connectivity index (χ1) is 15.4. The van der Waals surface area contributed by atoms with E-state index in [4.69, 9.17) is 24.4 Å². The van der Waals surface area contributed by atoms with Crippen molar-refractivity contribution < 1.29 is 74.9 Å². The van der Waals surface area contributed by atoms with Crippen LogP contribution in [0.15, 0.2) is 0 Å². The lowest BCUT2D eigenvalue weighted by molar-refractivity contribution is -0.334. The third-order valence-corrected chi connectivity index (χ3v) is 5.46. The normalized spacial score (nSPS) is 41.2. The van der Waals surface area contributed by atoms with Crippen molar-refractivity contribution in [2.45, 2.75) is 73.4 Å². The topological polar surface area (TPSA) is 276 Å². The van der Waals surface area contributed by atoms with Gasteiger partial charge in [0.05, 0.1) is 25.4 Å². The highest BCUT2D eigenvalue weighted by molar-refractivity contribution is 5.78. The maximum Gasteiger partial charge on any atom is 0.364 e. The van der Waals surface area contributed by atoms with Gasteiger partial charge in [0.25, 0.3) is 5.79 Å². The van der Waals surface area contributed by atoms with Gasteiger partial charge < -0.3 is 70.6 Å². The van der Waals surface area contributed by atoms with Crippen molar-refractivity contribution in [1.29, 1.82) is 0 Å². The summed E-state index contributed by atoms with van der Waals surface area (Å²) in [4.78, 5) is 23.6. The number of carbonyl (C=O) groups is 2. The van der Waals surface area contributed by atoms with Gasteiger partial charge in [0, 0.05) is 6.42 Å². The number of nitrogens with one attached hydrogen (secondary N) is 1. The molecule has 33 heavy (non-hydrogen) atoms. The SMILES string of the molecule is O=C(CO)N[C@H]1[C@H]([C@H](O)[C@H](O)CO)O[C@@](OC[C@H]2O[C@@H](O)[C@@H](O)[C@@H](O)[C@@H]2O)(C(=O)O)C[C@@H]1O. The first-order valence-corrected chi connectivity index (χ1v) is 9.86. The van der Waals surface area contributed by atoms with Crippen molar-refractivity contribution in [2.75, 3.05) is 19.8 Å². The molecule has 2 saturated heterocycles. The molecule has 2 aliphatic rings. The molecule has 0 aromatic carbocycles. The van der Waals surface area contributed by atoms with Crippen LogP contribution >= 0.6 is 0 Å². The molecule has 16 heteroatoms. The van der Waals surface area contributed by atoms with E-state index in [1.54, 1.807) is 0 Å². The Morgan fingerprint density at radius 3 is 2.24 bits per heavy atom. The molecule has 192 valence electrons. The third kappa shape index (κ3) is 5.94. The Kier molecular flexibility index (Phi) is 9.45. The fourth-order valence-corrected chi connectivity index (χ4v) is 3.56. The Labute approximate surface area is 186 Å². The molecule has 0 aliphatic carbocycles. The van der Waals surface area contributed by atoms with Gasteiger partial charge in [0.2, 0.25) is 5.91 Å². The van der Waals surface area contributed by atoms with Crippen molar-refractivity contribution in [3.63, 3.8) is 0 Å².